The SMILES string of the molecule is CN=c1c(C)c([N+](=O)[O-])ccn1O. The number of aromatic nitrogens is 1. The van der Waals surface area contributed by atoms with Gasteiger partial charge in [0.2, 0.25) is 0 Å². The van der Waals surface area contributed by atoms with E-state index in [1.807, 2.05) is 0 Å². The predicted molar refractivity (Wildman–Crippen MR) is 44.5 cm³/mol. The summed E-state index contributed by atoms with van der Waals surface area (Å²) in [6.45, 7) is 1.53. The van der Waals surface area contributed by atoms with E-state index >= 15 is 0 Å². The fourth-order valence-electron chi connectivity index (χ4n) is 1.09. The highest BCUT2D eigenvalue weighted by Gasteiger charge is 2.12. The van der Waals surface area contributed by atoms with Crippen LogP contribution in [0.4, 0.5) is 5.69 Å². The second-order valence-electron chi connectivity index (χ2n) is 2.47. The summed E-state index contributed by atoms with van der Waals surface area (Å²) in [6, 6.07) is 1.23. The Morgan fingerprint density at radius 1 is 1.69 bits per heavy atom. The lowest BCUT2D eigenvalue weighted by Crippen LogP contribution is -2.22. The minimum atomic E-state index is -0.510. The fourth-order valence-corrected chi connectivity index (χ4v) is 1.09. The molecule has 1 heterocycles. The zero-order chi connectivity index (χ0) is 10.0. The van der Waals surface area contributed by atoms with E-state index in [0.29, 0.717) is 5.56 Å². The van der Waals surface area contributed by atoms with Gasteiger partial charge in [-0.25, -0.2) is 0 Å². The normalized spacial score (nSPS) is 11.7. The minimum Gasteiger partial charge on any atom is -0.427 e. The van der Waals surface area contributed by atoms with Crippen LogP contribution in [0.1, 0.15) is 5.56 Å². The Morgan fingerprint density at radius 3 is 2.77 bits per heavy atom. The molecule has 6 nitrogen and oxygen atoms in total. The van der Waals surface area contributed by atoms with Gasteiger partial charge < -0.3 is 5.21 Å². The molecule has 6 heteroatoms. The average molecular weight is 183 g/mol. The Balaban J connectivity index is 3.55. The van der Waals surface area contributed by atoms with E-state index < -0.39 is 4.92 Å². The Hall–Kier alpha value is -1.85. The van der Waals surface area contributed by atoms with Crippen LogP contribution in [0.3, 0.4) is 0 Å². The molecule has 0 aliphatic rings. The quantitative estimate of drug-likeness (QED) is 0.390. The van der Waals surface area contributed by atoms with E-state index in [0.717, 1.165) is 4.73 Å². The summed E-state index contributed by atoms with van der Waals surface area (Å²) in [7, 11) is 1.46. The van der Waals surface area contributed by atoms with Crippen molar-refractivity contribution in [2.24, 2.45) is 4.99 Å². The maximum Gasteiger partial charge on any atom is 0.277 e. The fraction of sp³-hybridized carbons (Fsp3) is 0.286. The molecule has 0 spiro atoms. The molecule has 0 atom stereocenters. The number of pyridine rings is 1. The van der Waals surface area contributed by atoms with Gasteiger partial charge in [-0.05, 0) is 6.92 Å². The largest absolute Gasteiger partial charge is 0.427 e. The molecule has 13 heavy (non-hydrogen) atoms. The van der Waals surface area contributed by atoms with E-state index in [9.17, 15) is 15.3 Å². The van der Waals surface area contributed by atoms with Crippen LogP contribution >= 0.6 is 0 Å². The van der Waals surface area contributed by atoms with E-state index in [1.165, 1.54) is 26.2 Å². The van der Waals surface area contributed by atoms with Gasteiger partial charge in [0.25, 0.3) is 5.69 Å². The van der Waals surface area contributed by atoms with Crippen LogP contribution in [-0.4, -0.2) is 21.9 Å². The molecule has 0 bridgehead atoms. The van der Waals surface area contributed by atoms with Crippen molar-refractivity contribution in [2.45, 2.75) is 6.92 Å². The molecular formula is C7H9N3O3. The third kappa shape index (κ3) is 1.51. The van der Waals surface area contributed by atoms with Crippen LogP contribution in [0.5, 0.6) is 0 Å². The van der Waals surface area contributed by atoms with Crippen molar-refractivity contribution < 1.29 is 10.1 Å². The van der Waals surface area contributed by atoms with Gasteiger partial charge in [-0.1, -0.05) is 0 Å². The average Bonchev–Trinajstić information content (AvgIpc) is 2.04. The third-order valence-electron chi connectivity index (χ3n) is 1.72. The van der Waals surface area contributed by atoms with Crippen LogP contribution < -0.4 is 5.49 Å². The molecule has 0 aliphatic carbocycles. The van der Waals surface area contributed by atoms with Gasteiger partial charge in [0.1, 0.15) is 0 Å². The third-order valence-corrected chi connectivity index (χ3v) is 1.72. The van der Waals surface area contributed by atoms with Crippen molar-refractivity contribution in [1.29, 1.82) is 0 Å². The Labute approximate surface area is 73.9 Å². The molecule has 0 radical (unpaired) electrons. The van der Waals surface area contributed by atoms with Crippen LogP contribution in [-0.2, 0) is 0 Å². The van der Waals surface area contributed by atoms with Gasteiger partial charge in [-0.15, -0.1) is 0 Å². The summed E-state index contributed by atoms with van der Waals surface area (Å²) in [6.07, 6.45) is 1.19. The Bertz CT molecular complexity index is 408. The van der Waals surface area contributed by atoms with Crippen LogP contribution in [0.15, 0.2) is 17.3 Å². The lowest BCUT2D eigenvalue weighted by Gasteiger charge is -2.01. The number of nitrogens with zero attached hydrogens (tertiary/aromatic N) is 3. The van der Waals surface area contributed by atoms with Crippen LogP contribution in [0.2, 0.25) is 0 Å². The Kier molecular flexibility index (Phi) is 2.32. The topological polar surface area (TPSA) is 80.7 Å². The molecule has 0 saturated carbocycles. The first kappa shape index (κ1) is 9.24. The van der Waals surface area contributed by atoms with Crippen molar-refractivity contribution in [2.75, 3.05) is 7.05 Å². The standard InChI is InChI=1S/C7H9N3O3/c1-5-6(10(12)13)3-4-9(11)7(5)8-2/h3-4,11H,1-2H3. The molecule has 0 unspecified atom stereocenters. The second kappa shape index (κ2) is 3.26. The lowest BCUT2D eigenvalue weighted by molar-refractivity contribution is -0.385. The first-order chi connectivity index (χ1) is 6.07. The monoisotopic (exact) mass is 183 g/mol. The number of nitro groups is 1. The molecule has 0 fully saturated rings. The van der Waals surface area contributed by atoms with Crippen molar-refractivity contribution >= 4 is 5.69 Å². The molecule has 0 aliphatic heterocycles. The smallest absolute Gasteiger partial charge is 0.277 e. The Morgan fingerprint density at radius 2 is 2.31 bits per heavy atom. The summed E-state index contributed by atoms with van der Waals surface area (Å²) in [4.78, 5) is 13.7. The predicted octanol–water partition coefficient (Wildman–Crippen LogP) is 0.473. The van der Waals surface area contributed by atoms with Gasteiger partial charge in [-0.2, -0.15) is 4.73 Å². The van der Waals surface area contributed by atoms with Gasteiger partial charge in [0.05, 0.1) is 16.7 Å². The van der Waals surface area contributed by atoms with E-state index in [4.69, 9.17) is 0 Å². The summed E-state index contributed by atoms with van der Waals surface area (Å²) >= 11 is 0. The molecule has 1 aromatic rings. The minimum absolute atomic E-state index is 0.0501. The van der Waals surface area contributed by atoms with Crippen LogP contribution in [0.25, 0.3) is 0 Å². The molecule has 0 saturated heterocycles. The maximum absolute atomic E-state index is 10.5. The van der Waals surface area contributed by atoms with Crippen molar-refractivity contribution in [3.8, 4) is 0 Å². The highest BCUT2D eigenvalue weighted by atomic mass is 16.6. The van der Waals surface area contributed by atoms with Gasteiger partial charge in [-0.3, -0.25) is 15.1 Å². The first-order valence-corrected chi connectivity index (χ1v) is 3.56. The molecule has 1 aromatic heterocycles. The van der Waals surface area contributed by atoms with E-state index in [-0.39, 0.29) is 11.2 Å². The molecule has 0 aromatic carbocycles. The molecular weight excluding hydrogens is 174 g/mol. The van der Waals surface area contributed by atoms with Gasteiger partial charge in [0, 0.05) is 13.1 Å². The van der Waals surface area contributed by atoms with E-state index in [1.54, 1.807) is 0 Å². The first-order valence-electron chi connectivity index (χ1n) is 3.56. The zero-order valence-electron chi connectivity index (χ0n) is 7.26. The van der Waals surface area contributed by atoms with Gasteiger partial charge in [0.15, 0.2) is 5.49 Å². The number of hydrogen-bond donors (Lipinski definition) is 1. The molecule has 70 valence electrons. The maximum atomic E-state index is 10.5. The van der Waals surface area contributed by atoms with Gasteiger partial charge >= 0.3 is 0 Å². The molecule has 0 amide bonds. The number of hydrogen-bond acceptors (Lipinski definition) is 4. The molecule has 1 rings (SSSR count). The number of rotatable bonds is 1. The summed E-state index contributed by atoms with van der Waals surface area (Å²) in [5, 5.41) is 19.7. The highest BCUT2D eigenvalue weighted by Crippen LogP contribution is 2.11. The zero-order valence-corrected chi connectivity index (χ0v) is 7.26. The van der Waals surface area contributed by atoms with Crippen LogP contribution in [0, 0.1) is 17.0 Å². The lowest BCUT2D eigenvalue weighted by atomic mass is 10.2. The summed E-state index contributed by atoms with van der Waals surface area (Å²) < 4.78 is 0.752. The second-order valence-corrected chi connectivity index (χ2v) is 2.47. The highest BCUT2D eigenvalue weighted by molar-refractivity contribution is 5.35. The summed E-state index contributed by atoms with van der Waals surface area (Å²) in [5.74, 6) is 0. The van der Waals surface area contributed by atoms with Crippen molar-refractivity contribution in [3.63, 3.8) is 0 Å². The molecule has 1 N–H and O–H groups in total. The van der Waals surface area contributed by atoms with Crippen molar-refractivity contribution in [1.82, 2.24) is 4.73 Å². The van der Waals surface area contributed by atoms with Crippen molar-refractivity contribution in [3.05, 3.63) is 33.4 Å². The van der Waals surface area contributed by atoms with E-state index in [2.05, 4.69) is 4.99 Å². The summed E-state index contributed by atoms with van der Waals surface area (Å²) in [5.41, 5.74) is 0.484.